The van der Waals surface area contributed by atoms with Gasteiger partial charge in [-0.15, -0.1) is 0 Å². The van der Waals surface area contributed by atoms with Gasteiger partial charge in [0.2, 0.25) is 0 Å². The standard InChI is InChI=1S/C35H62O3Si/c1-23(36)37-28-17-18-33(7)25(31(28,4)5)16-20-35(9)27(33)14-13-26-32(6)22-21-30(2,3)29(38-39(10,11)12)24(32)15-19-34(26,35)8/h24-29H,13-22H2,1-12H3. The smallest absolute Gasteiger partial charge is 0.302 e. The normalized spacial score (nSPS) is 50.6. The summed E-state index contributed by atoms with van der Waals surface area (Å²) in [5.41, 5.74) is 1.79. The zero-order valence-corrected chi connectivity index (χ0v) is 28.8. The summed E-state index contributed by atoms with van der Waals surface area (Å²) in [4.78, 5) is 12.0. The summed E-state index contributed by atoms with van der Waals surface area (Å²) in [6.45, 7) is 29.4. The Morgan fingerprint density at radius 3 is 1.79 bits per heavy atom. The Morgan fingerprint density at radius 2 is 1.23 bits per heavy atom. The fourth-order valence-electron chi connectivity index (χ4n) is 12.6. The predicted molar refractivity (Wildman–Crippen MR) is 164 cm³/mol. The highest BCUT2D eigenvalue weighted by Gasteiger charge is 2.71. The lowest BCUT2D eigenvalue weighted by Gasteiger charge is -2.74. The molecule has 39 heavy (non-hydrogen) atoms. The molecule has 0 aromatic rings. The Bertz CT molecular complexity index is 981. The molecule has 0 N–H and O–H groups in total. The number of hydrogen-bond donors (Lipinski definition) is 0. The summed E-state index contributed by atoms with van der Waals surface area (Å²) < 4.78 is 13.1. The lowest BCUT2D eigenvalue weighted by atomic mass is 9.30. The van der Waals surface area contributed by atoms with E-state index >= 15 is 0 Å². The van der Waals surface area contributed by atoms with Gasteiger partial charge in [0, 0.05) is 12.3 Å². The van der Waals surface area contributed by atoms with Gasteiger partial charge in [0.1, 0.15) is 6.10 Å². The monoisotopic (exact) mass is 558 g/mol. The molecule has 0 aromatic heterocycles. The molecule has 5 fully saturated rings. The molecule has 0 aromatic carbocycles. The summed E-state index contributed by atoms with van der Waals surface area (Å²) in [5, 5.41) is 0. The maximum Gasteiger partial charge on any atom is 0.302 e. The van der Waals surface area contributed by atoms with E-state index in [0.29, 0.717) is 39.6 Å². The van der Waals surface area contributed by atoms with Gasteiger partial charge in [0.15, 0.2) is 8.32 Å². The van der Waals surface area contributed by atoms with Crippen molar-refractivity contribution in [2.45, 2.75) is 158 Å². The molecular formula is C35H62O3Si. The number of carbonyl (C=O) groups excluding carboxylic acids is 1. The van der Waals surface area contributed by atoms with Crippen molar-refractivity contribution in [1.29, 1.82) is 0 Å². The van der Waals surface area contributed by atoms with Crippen molar-refractivity contribution in [3.63, 3.8) is 0 Å². The van der Waals surface area contributed by atoms with Crippen LogP contribution in [0.2, 0.25) is 19.6 Å². The van der Waals surface area contributed by atoms with Crippen molar-refractivity contribution in [2.75, 3.05) is 0 Å². The number of esters is 1. The second-order valence-electron chi connectivity index (χ2n) is 18.4. The third kappa shape index (κ3) is 4.29. The highest BCUT2D eigenvalue weighted by atomic mass is 28.4. The molecule has 5 saturated carbocycles. The summed E-state index contributed by atoms with van der Waals surface area (Å²) in [5.74, 6) is 2.76. The predicted octanol–water partition coefficient (Wildman–Crippen LogP) is 9.65. The Hall–Kier alpha value is -0.353. The third-order valence-corrected chi connectivity index (χ3v) is 15.6. The maximum absolute atomic E-state index is 12.0. The van der Waals surface area contributed by atoms with Crippen LogP contribution in [0.5, 0.6) is 0 Å². The van der Waals surface area contributed by atoms with E-state index in [1.807, 2.05) is 0 Å². The Balaban J connectivity index is 1.48. The fraction of sp³-hybridized carbons (Fsp3) is 0.971. The van der Waals surface area contributed by atoms with Crippen LogP contribution in [-0.4, -0.2) is 26.5 Å². The van der Waals surface area contributed by atoms with Crippen LogP contribution in [0.15, 0.2) is 0 Å². The van der Waals surface area contributed by atoms with Gasteiger partial charge < -0.3 is 9.16 Å². The van der Waals surface area contributed by atoms with E-state index < -0.39 is 8.32 Å². The summed E-state index contributed by atoms with van der Waals surface area (Å²) >= 11 is 0. The van der Waals surface area contributed by atoms with E-state index in [0.717, 1.165) is 18.3 Å². The Kier molecular flexibility index (Phi) is 7.01. The molecular weight excluding hydrogens is 496 g/mol. The van der Waals surface area contributed by atoms with E-state index in [1.54, 1.807) is 6.92 Å². The molecule has 224 valence electrons. The number of ether oxygens (including phenoxy) is 1. The lowest BCUT2D eigenvalue weighted by Crippen LogP contribution is -2.69. The molecule has 3 nitrogen and oxygen atoms in total. The second-order valence-corrected chi connectivity index (χ2v) is 22.8. The minimum Gasteiger partial charge on any atom is -0.462 e. The molecule has 0 amide bonds. The van der Waals surface area contributed by atoms with Gasteiger partial charge in [-0.05, 0) is 135 Å². The maximum atomic E-state index is 12.0. The number of carbonyl (C=O) groups is 1. The van der Waals surface area contributed by atoms with E-state index in [9.17, 15) is 4.79 Å². The van der Waals surface area contributed by atoms with Crippen LogP contribution < -0.4 is 0 Å². The van der Waals surface area contributed by atoms with Crippen LogP contribution in [-0.2, 0) is 14.0 Å². The van der Waals surface area contributed by atoms with Gasteiger partial charge in [-0.2, -0.15) is 0 Å². The van der Waals surface area contributed by atoms with Gasteiger partial charge in [-0.25, -0.2) is 0 Å². The van der Waals surface area contributed by atoms with Crippen molar-refractivity contribution < 1.29 is 14.0 Å². The van der Waals surface area contributed by atoms with Crippen molar-refractivity contribution in [3.05, 3.63) is 0 Å². The molecule has 0 saturated heterocycles. The SMILES string of the molecule is CC(=O)OC1CCC2(C)C(CCC3(C)C2CCC2C4(C)CCC(C)(C)C(O[Si](C)(C)C)C4CCC23C)C1(C)C. The minimum absolute atomic E-state index is 0.0394. The zero-order valence-electron chi connectivity index (χ0n) is 27.8. The van der Waals surface area contributed by atoms with Crippen LogP contribution in [0.4, 0.5) is 0 Å². The molecule has 0 radical (unpaired) electrons. The molecule has 5 aliphatic carbocycles. The largest absolute Gasteiger partial charge is 0.462 e. The average Bonchev–Trinajstić information content (AvgIpc) is 2.78. The minimum atomic E-state index is -1.64. The van der Waals surface area contributed by atoms with Gasteiger partial charge in [0.05, 0.1) is 6.10 Å². The molecule has 5 rings (SSSR count). The Morgan fingerprint density at radius 1 is 0.667 bits per heavy atom. The fourth-order valence-corrected chi connectivity index (χ4v) is 13.9. The van der Waals surface area contributed by atoms with Crippen LogP contribution in [0.25, 0.3) is 0 Å². The molecule has 0 bridgehead atoms. The van der Waals surface area contributed by atoms with Crippen molar-refractivity contribution in [2.24, 2.45) is 56.2 Å². The van der Waals surface area contributed by atoms with E-state index in [4.69, 9.17) is 9.16 Å². The van der Waals surface area contributed by atoms with Gasteiger partial charge in [-0.1, -0.05) is 55.4 Å². The van der Waals surface area contributed by atoms with Crippen LogP contribution in [0, 0.1) is 56.2 Å². The van der Waals surface area contributed by atoms with E-state index in [2.05, 4.69) is 75.0 Å². The first-order valence-corrected chi connectivity index (χ1v) is 20.0. The molecule has 5 aliphatic rings. The molecule has 0 aliphatic heterocycles. The Labute approximate surface area is 242 Å². The first-order valence-electron chi connectivity index (χ1n) is 16.6. The zero-order chi connectivity index (χ0) is 29.0. The van der Waals surface area contributed by atoms with Crippen LogP contribution in [0.3, 0.4) is 0 Å². The molecule has 0 heterocycles. The molecule has 10 atom stereocenters. The van der Waals surface area contributed by atoms with Gasteiger partial charge >= 0.3 is 5.97 Å². The van der Waals surface area contributed by atoms with Crippen molar-refractivity contribution in [3.8, 4) is 0 Å². The van der Waals surface area contributed by atoms with Gasteiger partial charge in [0.25, 0.3) is 0 Å². The topological polar surface area (TPSA) is 35.5 Å². The first-order chi connectivity index (χ1) is 17.7. The molecule has 0 spiro atoms. The quantitative estimate of drug-likeness (QED) is 0.255. The van der Waals surface area contributed by atoms with E-state index in [-0.39, 0.29) is 22.9 Å². The lowest BCUT2D eigenvalue weighted by molar-refractivity contribution is -0.268. The molecule has 4 heteroatoms. The number of rotatable bonds is 3. The summed E-state index contributed by atoms with van der Waals surface area (Å²) in [6, 6.07) is 0. The number of fused-ring (bicyclic) bond motifs is 7. The van der Waals surface area contributed by atoms with Gasteiger partial charge in [-0.3, -0.25) is 4.79 Å². The molecule has 10 unspecified atom stereocenters. The van der Waals surface area contributed by atoms with Crippen molar-refractivity contribution in [1.82, 2.24) is 0 Å². The third-order valence-electron chi connectivity index (χ3n) is 14.7. The van der Waals surface area contributed by atoms with E-state index in [1.165, 1.54) is 57.8 Å². The average molecular weight is 559 g/mol. The first kappa shape index (κ1) is 30.1. The number of hydrogen-bond acceptors (Lipinski definition) is 3. The highest BCUT2D eigenvalue weighted by molar-refractivity contribution is 6.69. The summed E-state index contributed by atoms with van der Waals surface area (Å²) in [6.07, 6.45) is 13.5. The summed E-state index contributed by atoms with van der Waals surface area (Å²) in [7, 11) is -1.64. The van der Waals surface area contributed by atoms with Crippen LogP contribution in [0.1, 0.15) is 127 Å². The van der Waals surface area contributed by atoms with Crippen molar-refractivity contribution >= 4 is 14.3 Å². The highest BCUT2D eigenvalue weighted by Crippen LogP contribution is 2.77. The van der Waals surface area contributed by atoms with Crippen LogP contribution >= 0.6 is 0 Å². The second kappa shape index (κ2) is 9.07.